The number of benzene rings is 1. The van der Waals surface area contributed by atoms with E-state index >= 15 is 0 Å². The van der Waals surface area contributed by atoms with Gasteiger partial charge in [0.25, 0.3) is 0 Å². The third-order valence-corrected chi connectivity index (χ3v) is 4.04. The van der Waals surface area contributed by atoms with Crippen molar-refractivity contribution in [3.05, 3.63) is 49.1 Å². The van der Waals surface area contributed by atoms with Crippen molar-refractivity contribution < 1.29 is 0 Å². The van der Waals surface area contributed by atoms with E-state index in [-0.39, 0.29) is 0 Å². The third kappa shape index (κ3) is 3.33. The topological polar surface area (TPSA) is 24.9 Å². The molecule has 0 unspecified atom stereocenters. The van der Waals surface area contributed by atoms with Crippen molar-refractivity contribution in [2.45, 2.75) is 6.92 Å². The Hall–Kier alpha value is -0.330. The van der Waals surface area contributed by atoms with Crippen molar-refractivity contribution in [3.63, 3.8) is 0 Å². The molecule has 0 amide bonds. The third-order valence-electron chi connectivity index (χ3n) is 2.22. The fraction of sp³-hybridized carbons (Fsp3) is 0.0833. The van der Waals surface area contributed by atoms with Crippen LogP contribution < -0.4 is 5.32 Å². The van der Waals surface area contributed by atoms with Gasteiger partial charge in [-0.3, -0.25) is 0 Å². The van der Waals surface area contributed by atoms with Crippen LogP contribution in [0.1, 0.15) is 5.69 Å². The summed E-state index contributed by atoms with van der Waals surface area (Å²) in [6, 6.07) is 9.73. The predicted molar refractivity (Wildman–Crippen MR) is 84.1 cm³/mol. The normalized spacial score (nSPS) is 10.4. The molecule has 0 aliphatic carbocycles. The molecule has 0 aliphatic rings. The minimum absolute atomic E-state index is 0.694. The molecule has 0 fully saturated rings. The van der Waals surface area contributed by atoms with Crippen LogP contribution in [0.5, 0.6) is 0 Å². The summed E-state index contributed by atoms with van der Waals surface area (Å²) in [7, 11) is 0. The number of aryl methyl sites for hydroxylation is 1. The average molecular weight is 423 g/mol. The van der Waals surface area contributed by atoms with E-state index in [1.165, 1.54) is 0 Å². The molecule has 1 N–H and O–H groups in total. The van der Waals surface area contributed by atoms with Crippen molar-refractivity contribution in [2.75, 3.05) is 5.32 Å². The first-order chi connectivity index (χ1) is 8.06. The molecule has 1 aromatic carbocycles. The second-order valence-corrected chi connectivity index (χ2v) is 6.02. The van der Waals surface area contributed by atoms with Crippen molar-refractivity contribution in [3.8, 4) is 0 Å². The number of aromatic nitrogens is 1. The first-order valence-corrected chi connectivity index (χ1v) is 7.16. The number of nitrogens with zero attached hydrogens (tertiary/aromatic N) is 1. The van der Waals surface area contributed by atoms with Crippen LogP contribution in [0.25, 0.3) is 0 Å². The van der Waals surface area contributed by atoms with Gasteiger partial charge in [0, 0.05) is 8.04 Å². The number of pyridine rings is 1. The van der Waals surface area contributed by atoms with E-state index in [1.807, 2.05) is 37.3 Å². The Bertz CT molecular complexity index is 560. The van der Waals surface area contributed by atoms with Gasteiger partial charge in [-0.2, -0.15) is 0 Å². The van der Waals surface area contributed by atoms with Gasteiger partial charge in [0.15, 0.2) is 0 Å². The SMILES string of the molecule is Cc1nc(Nc2ccc(I)cc2Cl)ccc1Br. The molecule has 2 rings (SSSR count). The largest absolute Gasteiger partial charge is 0.339 e. The van der Waals surface area contributed by atoms with E-state index in [0.717, 1.165) is 25.2 Å². The van der Waals surface area contributed by atoms with Gasteiger partial charge in [0.05, 0.1) is 16.4 Å². The lowest BCUT2D eigenvalue weighted by Gasteiger charge is -2.09. The molecule has 2 aromatic rings. The highest BCUT2D eigenvalue weighted by atomic mass is 127. The monoisotopic (exact) mass is 422 g/mol. The molecule has 5 heteroatoms. The van der Waals surface area contributed by atoms with Crippen LogP contribution in [0, 0.1) is 10.5 Å². The van der Waals surface area contributed by atoms with Crippen LogP contribution in [0.15, 0.2) is 34.8 Å². The van der Waals surface area contributed by atoms with Crippen molar-refractivity contribution in [1.82, 2.24) is 4.98 Å². The summed E-state index contributed by atoms with van der Waals surface area (Å²) in [4.78, 5) is 4.41. The molecule has 0 spiro atoms. The van der Waals surface area contributed by atoms with E-state index in [4.69, 9.17) is 11.6 Å². The minimum Gasteiger partial charge on any atom is -0.339 e. The highest BCUT2D eigenvalue weighted by Crippen LogP contribution is 2.27. The molecule has 0 bridgehead atoms. The number of rotatable bonds is 2. The van der Waals surface area contributed by atoms with Gasteiger partial charge in [-0.05, 0) is 75.8 Å². The fourth-order valence-electron chi connectivity index (χ4n) is 1.34. The summed E-state index contributed by atoms with van der Waals surface area (Å²) in [5, 5.41) is 3.89. The van der Waals surface area contributed by atoms with E-state index in [0.29, 0.717) is 5.02 Å². The number of nitrogens with one attached hydrogen (secondary N) is 1. The molecular weight excluding hydrogens is 414 g/mol. The Morgan fingerprint density at radius 3 is 2.71 bits per heavy atom. The van der Waals surface area contributed by atoms with Crippen molar-refractivity contribution in [2.24, 2.45) is 0 Å². The Kier molecular flexibility index (Phi) is 4.27. The summed E-state index contributed by atoms with van der Waals surface area (Å²) in [6.07, 6.45) is 0. The number of hydrogen-bond donors (Lipinski definition) is 1. The van der Waals surface area contributed by atoms with Gasteiger partial charge in [-0.15, -0.1) is 0 Å². The zero-order valence-corrected chi connectivity index (χ0v) is 13.5. The smallest absolute Gasteiger partial charge is 0.130 e. The summed E-state index contributed by atoms with van der Waals surface area (Å²) >= 11 is 11.8. The van der Waals surface area contributed by atoms with Gasteiger partial charge in [0.1, 0.15) is 5.82 Å². The van der Waals surface area contributed by atoms with Crippen LogP contribution in [0.3, 0.4) is 0 Å². The Morgan fingerprint density at radius 1 is 1.29 bits per heavy atom. The Balaban J connectivity index is 2.28. The van der Waals surface area contributed by atoms with Gasteiger partial charge >= 0.3 is 0 Å². The maximum absolute atomic E-state index is 6.15. The lowest BCUT2D eigenvalue weighted by Crippen LogP contribution is -1.96. The van der Waals surface area contributed by atoms with Gasteiger partial charge in [-0.1, -0.05) is 11.6 Å². The average Bonchev–Trinajstić information content (AvgIpc) is 2.27. The summed E-state index contributed by atoms with van der Waals surface area (Å²) in [6.45, 7) is 1.95. The minimum atomic E-state index is 0.694. The quantitative estimate of drug-likeness (QED) is 0.676. The molecule has 0 saturated heterocycles. The van der Waals surface area contributed by atoms with E-state index in [2.05, 4.69) is 48.8 Å². The first-order valence-electron chi connectivity index (χ1n) is 4.91. The number of hydrogen-bond acceptors (Lipinski definition) is 2. The summed E-state index contributed by atoms with van der Waals surface area (Å²) in [5.74, 6) is 0.786. The predicted octanol–water partition coefficient (Wildman–Crippen LogP) is 5.15. The molecule has 0 atom stereocenters. The molecule has 0 aliphatic heterocycles. The van der Waals surface area contributed by atoms with Crippen LogP contribution in [0.2, 0.25) is 5.02 Å². The zero-order valence-electron chi connectivity index (χ0n) is 8.97. The van der Waals surface area contributed by atoms with E-state index < -0.39 is 0 Å². The summed E-state index contributed by atoms with van der Waals surface area (Å²) < 4.78 is 2.11. The molecule has 0 radical (unpaired) electrons. The second kappa shape index (κ2) is 5.54. The molecule has 1 aromatic heterocycles. The summed E-state index contributed by atoms with van der Waals surface area (Å²) in [5.41, 5.74) is 1.80. The Labute approximate surface area is 127 Å². The van der Waals surface area contributed by atoms with Crippen molar-refractivity contribution in [1.29, 1.82) is 0 Å². The Morgan fingerprint density at radius 2 is 2.06 bits per heavy atom. The first kappa shape index (κ1) is 13.1. The van der Waals surface area contributed by atoms with Crippen LogP contribution in [-0.4, -0.2) is 4.98 Å². The second-order valence-electron chi connectivity index (χ2n) is 3.51. The van der Waals surface area contributed by atoms with E-state index in [1.54, 1.807) is 0 Å². The van der Waals surface area contributed by atoms with Gasteiger partial charge < -0.3 is 5.32 Å². The molecular formula is C12H9BrClIN2. The molecule has 17 heavy (non-hydrogen) atoms. The fourth-order valence-corrected chi connectivity index (χ4v) is 2.47. The zero-order chi connectivity index (χ0) is 12.4. The van der Waals surface area contributed by atoms with Crippen LogP contribution in [0.4, 0.5) is 11.5 Å². The maximum Gasteiger partial charge on any atom is 0.130 e. The lowest BCUT2D eigenvalue weighted by molar-refractivity contribution is 1.18. The number of anilines is 2. The lowest BCUT2D eigenvalue weighted by atomic mass is 10.3. The molecule has 0 saturated carbocycles. The molecule has 88 valence electrons. The molecule has 2 nitrogen and oxygen atoms in total. The van der Waals surface area contributed by atoms with Crippen LogP contribution >= 0.6 is 50.1 Å². The number of halogens is 3. The van der Waals surface area contributed by atoms with Crippen LogP contribution in [-0.2, 0) is 0 Å². The standard InChI is InChI=1S/C12H9BrClIN2/c1-7-9(13)3-5-12(16-7)17-11-4-2-8(15)6-10(11)14/h2-6H,1H3,(H,16,17). The van der Waals surface area contributed by atoms with Gasteiger partial charge in [0.2, 0.25) is 0 Å². The highest BCUT2D eigenvalue weighted by molar-refractivity contribution is 14.1. The van der Waals surface area contributed by atoms with Gasteiger partial charge in [-0.25, -0.2) is 4.98 Å². The molecule has 1 heterocycles. The maximum atomic E-state index is 6.15. The van der Waals surface area contributed by atoms with Crippen molar-refractivity contribution >= 4 is 61.6 Å². The van der Waals surface area contributed by atoms with E-state index in [9.17, 15) is 0 Å². The highest BCUT2D eigenvalue weighted by Gasteiger charge is 2.03.